The van der Waals surface area contributed by atoms with Crippen molar-refractivity contribution < 1.29 is 0 Å². The Hall–Kier alpha value is -0.860. The Bertz CT molecular complexity index is 717. The lowest BCUT2D eigenvalue weighted by molar-refractivity contribution is 0.680. The zero-order valence-electron chi connectivity index (χ0n) is 16.2. The standard InChI is InChI=1S/C25H30S2/c1-2-10-19(9-1)26-17-25(18-27-20-11-3-4-12-20)23-15-7-5-13-21(23)22-14-6-8-16-24(22)25/h5-8,13-16,19-20H,1-4,9-12,17-18H2. The van der Waals surface area contributed by atoms with Crippen LogP contribution in [0.3, 0.4) is 0 Å². The normalized spacial score (nSPS) is 21.5. The molecule has 0 nitrogen and oxygen atoms in total. The Balaban J connectivity index is 1.51. The molecule has 0 bridgehead atoms. The molecule has 0 aliphatic heterocycles. The van der Waals surface area contributed by atoms with Crippen LogP contribution in [0.15, 0.2) is 48.5 Å². The molecule has 0 saturated heterocycles. The molecule has 0 aromatic heterocycles. The first-order valence-electron chi connectivity index (χ1n) is 10.8. The highest BCUT2D eigenvalue weighted by molar-refractivity contribution is 8.00. The second-order valence-electron chi connectivity index (χ2n) is 8.61. The van der Waals surface area contributed by atoms with Gasteiger partial charge in [0.2, 0.25) is 0 Å². The zero-order valence-corrected chi connectivity index (χ0v) is 17.8. The van der Waals surface area contributed by atoms with Gasteiger partial charge in [-0.25, -0.2) is 0 Å². The Morgan fingerprint density at radius 2 is 1.04 bits per heavy atom. The molecular formula is C25H30S2. The Morgan fingerprint density at radius 1 is 0.630 bits per heavy atom. The molecule has 0 atom stereocenters. The summed E-state index contributed by atoms with van der Waals surface area (Å²) in [6, 6.07) is 18.5. The van der Waals surface area contributed by atoms with Gasteiger partial charge < -0.3 is 0 Å². The topological polar surface area (TPSA) is 0 Å². The molecule has 142 valence electrons. The fourth-order valence-corrected chi connectivity index (χ4v) is 8.73. The van der Waals surface area contributed by atoms with Crippen LogP contribution in [0.1, 0.15) is 62.5 Å². The van der Waals surface area contributed by atoms with Gasteiger partial charge in [-0.15, -0.1) is 0 Å². The lowest BCUT2D eigenvalue weighted by atomic mass is 9.82. The van der Waals surface area contributed by atoms with Crippen LogP contribution in [0.4, 0.5) is 0 Å². The molecule has 2 fully saturated rings. The fraction of sp³-hybridized carbons (Fsp3) is 0.520. The predicted octanol–water partition coefficient (Wildman–Crippen LogP) is 7.30. The third-order valence-corrected chi connectivity index (χ3v) is 10.1. The molecule has 3 aliphatic carbocycles. The summed E-state index contributed by atoms with van der Waals surface area (Å²) >= 11 is 4.55. The van der Waals surface area contributed by atoms with Crippen molar-refractivity contribution in [3.63, 3.8) is 0 Å². The Labute approximate surface area is 172 Å². The molecule has 0 unspecified atom stereocenters. The monoisotopic (exact) mass is 394 g/mol. The van der Waals surface area contributed by atoms with E-state index in [1.807, 2.05) is 0 Å². The molecule has 3 aliphatic rings. The molecule has 2 aromatic carbocycles. The van der Waals surface area contributed by atoms with Gasteiger partial charge >= 0.3 is 0 Å². The summed E-state index contributed by atoms with van der Waals surface area (Å²) < 4.78 is 0. The van der Waals surface area contributed by atoms with Gasteiger partial charge in [0.05, 0.1) is 0 Å². The van der Waals surface area contributed by atoms with Crippen LogP contribution in [-0.2, 0) is 5.41 Å². The summed E-state index contributed by atoms with van der Waals surface area (Å²) in [5, 5.41) is 1.77. The van der Waals surface area contributed by atoms with Crippen LogP contribution in [0.5, 0.6) is 0 Å². The number of fused-ring (bicyclic) bond motifs is 3. The molecule has 2 aromatic rings. The van der Waals surface area contributed by atoms with Crippen molar-refractivity contribution in [2.45, 2.75) is 67.3 Å². The van der Waals surface area contributed by atoms with Gasteiger partial charge in [-0.2, -0.15) is 23.5 Å². The summed E-state index contributed by atoms with van der Waals surface area (Å²) in [6.07, 6.45) is 11.5. The first-order chi connectivity index (χ1) is 13.4. The van der Waals surface area contributed by atoms with Gasteiger partial charge in [-0.05, 0) is 47.9 Å². The molecule has 0 spiro atoms. The maximum Gasteiger partial charge on any atom is 0.0395 e. The van der Waals surface area contributed by atoms with Crippen molar-refractivity contribution >= 4 is 23.5 Å². The molecular weight excluding hydrogens is 364 g/mol. The summed E-state index contributed by atoms with van der Waals surface area (Å²) in [7, 11) is 0. The van der Waals surface area contributed by atoms with Crippen LogP contribution in [0.25, 0.3) is 11.1 Å². The van der Waals surface area contributed by atoms with Crippen LogP contribution >= 0.6 is 23.5 Å². The van der Waals surface area contributed by atoms with Crippen LogP contribution in [0.2, 0.25) is 0 Å². The summed E-state index contributed by atoms with van der Waals surface area (Å²) in [5.74, 6) is 2.51. The molecule has 2 saturated carbocycles. The molecule has 2 heteroatoms. The maximum absolute atomic E-state index is 2.43. The highest BCUT2D eigenvalue weighted by Gasteiger charge is 2.43. The molecule has 0 amide bonds. The minimum Gasteiger partial charge on any atom is -0.157 e. The van der Waals surface area contributed by atoms with Crippen LogP contribution < -0.4 is 0 Å². The number of thioether (sulfide) groups is 2. The van der Waals surface area contributed by atoms with Crippen molar-refractivity contribution in [3.8, 4) is 11.1 Å². The van der Waals surface area contributed by atoms with Crippen LogP contribution in [0, 0.1) is 0 Å². The van der Waals surface area contributed by atoms with Crippen molar-refractivity contribution in [1.82, 2.24) is 0 Å². The average Bonchev–Trinajstić information content (AvgIpc) is 3.46. The molecule has 0 heterocycles. The van der Waals surface area contributed by atoms with Crippen molar-refractivity contribution in [3.05, 3.63) is 59.7 Å². The number of benzene rings is 2. The quantitative estimate of drug-likeness (QED) is 0.504. The van der Waals surface area contributed by atoms with Gasteiger partial charge in [0, 0.05) is 27.4 Å². The highest BCUT2D eigenvalue weighted by Crippen LogP contribution is 2.53. The SMILES string of the molecule is c1ccc2c(c1)-c1ccccc1C2(CSC1CCCC1)CSC1CCCC1. The maximum atomic E-state index is 2.43. The third kappa shape index (κ3) is 3.38. The number of hydrogen-bond donors (Lipinski definition) is 0. The van der Waals surface area contributed by atoms with Gasteiger partial charge in [0.25, 0.3) is 0 Å². The van der Waals surface area contributed by atoms with Crippen LogP contribution in [-0.4, -0.2) is 22.0 Å². The first kappa shape index (κ1) is 18.2. The highest BCUT2D eigenvalue weighted by atomic mass is 32.2. The van der Waals surface area contributed by atoms with Crippen molar-refractivity contribution in [2.24, 2.45) is 0 Å². The predicted molar refractivity (Wildman–Crippen MR) is 122 cm³/mol. The van der Waals surface area contributed by atoms with Gasteiger partial charge in [0.1, 0.15) is 0 Å². The van der Waals surface area contributed by atoms with Crippen molar-refractivity contribution in [2.75, 3.05) is 11.5 Å². The van der Waals surface area contributed by atoms with E-state index in [0.29, 0.717) is 0 Å². The van der Waals surface area contributed by atoms with E-state index in [9.17, 15) is 0 Å². The summed E-state index contributed by atoms with van der Waals surface area (Å²) in [6.45, 7) is 0. The number of hydrogen-bond acceptors (Lipinski definition) is 2. The zero-order chi connectivity index (χ0) is 18.1. The van der Waals surface area contributed by atoms with Gasteiger partial charge in [0.15, 0.2) is 0 Å². The Morgan fingerprint density at radius 3 is 1.48 bits per heavy atom. The first-order valence-corrected chi connectivity index (χ1v) is 12.9. The van der Waals surface area contributed by atoms with Crippen molar-refractivity contribution in [1.29, 1.82) is 0 Å². The van der Waals surface area contributed by atoms with E-state index in [2.05, 4.69) is 72.1 Å². The second-order valence-corrected chi connectivity index (χ2v) is 11.2. The van der Waals surface area contributed by atoms with E-state index >= 15 is 0 Å². The third-order valence-electron chi connectivity index (χ3n) is 6.91. The largest absolute Gasteiger partial charge is 0.157 e. The molecule has 5 rings (SSSR count). The average molecular weight is 395 g/mol. The Kier molecular flexibility index (Phi) is 5.30. The summed E-state index contributed by atoms with van der Waals surface area (Å²) in [5.41, 5.74) is 6.39. The van der Waals surface area contributed by atoms with E-state index in [4.69, 9.17) is 0 Å². The van der Waals surface area contributed by atoms with Gasteiger partial charge in [-0.3, -0.25) is 0 Å². The number of rotatable bonds is 6. The lowest BCUT2D eigenvalue weighted by Crippen LogP contribution is -2.33. The van der Waals surface area contributed by atoms with E-state index < -0.39 is 0 Å². The smallest absolute Gasteiger partial charge is 0.0395 e. The summed E-state index contributed by atoms with van der Waals surface area (Å²) in [4.78, 5) is 0. The second kappa shape index (κ2) is 7.87. The van der Waals surface area contributed by atoms with E-state index in [1.165, 1.54) is 74.0 Å². The minimum atomic E-state index is 0.202. The van der Waals surface area contributed by atoms with Gasteiger partial charge in [-0.1, -0.05) is 74.2 Å². The van der Waals surface area contributed by atoms with E-state index in [0.717, 1.165) is 10.5 Å². The molecule has 27 heavy (non-hydrogen) atoms. The minimum absolute atomic E-state index is 0.202. The van der Waals surface area contributed by atoms with E-state index in [-0.39, 0.29) is 5.41 Å². The van der Waals surface area contributed by atoms with E-state index in [1.54, 1.807) is 11.1 Å². The lowest BCUT2D eigenvalue weighted by Gasteiger charge is -2.33. The molecule has 0 N–H and O–H groups in total. The fourth-order valence-electron chi connectivity index (χ4n) is 5.40. The molecule has 0 radical (unpaired) electrons.